The van der Waals surface area contributed by atoms with Crippen molar-refractivity contribution in [3.63, 3.8) is 0 Å². The summed E-state index contributed by atoms with van der Waals surface area (Å²) in [5.74, 6) is 0.148. The number of rotatable bonds is 4. The molecule has 1 aliphatic carbocycles. The number of hydrogen-bond donors (Lipinski definition) is 0. The van der Waals surface area contributed by atoms with Crippen molar-refractivity contribution in [3.05, 3.63) is 0 Å². The molecule has 3 atom stereocenters. The number of Topliss-reactive ketones (excluding diaryl/α,β-unsaturated/α-hetero) is 1. The lowest BCUT2D eigenvalue weighted by molar-refractivity contribution is -0.143. The van der Waals surface area contributed by atoms with Crippen LogP contribution in [0.1, 0.15) is 27.2 Å². The Morgan fingerprint density at radius 3 is 2.40 bits per heavy atom. The predicted molar refractivity (Wildman–Crippen MR) is 60.8 cm³/mol. The Hall–Kier alpha value is -0.380. The van der Waals surface area contributed by atoms with Gasteiger partial charge in [0.1, 0.15) is 5.78 Å². The lowest BCUT2D eigenvalue weighted by Gasteiger charge is -2.05. The molecule has 1 rings (SSSR count). The average Bonchev–Trinajstić information content (AvgIpc) is 2.67. The highest BCUT2D eigenvalue weighted by Crippen LogP contribution is 2.61. The zero-order valence-corrected chi connectivity index (χ0v) is 11.1. The van der Waals surface area contributed by atoms with Crippen molar-refractivity contribution in [2.45, 2.75) is 32.0 Å². The summed E-state index contributed by atoms with van der Waals surface area (Å²) >= 11 is 3.33. The molecule has 1 saturated carbocycles. The van der Waals surface area contributed by atoms with Gasteiger partial charge in [0.25, 0.3) is 0 Å². The summed E-state index contributed by atoms with van der Waals surface area (Å²) in [6.45, 7) is 5.64. The van der Waals surface area contributed by atoms with Crippen molar-refractivity contribution in [3.8, 4) is 0 Å². The molecule has 15 heavy (non-hydrogen) atoms. The van der Waals surface area contributed by atoms with Gasteiger partial charge >= 0.3 is 5.97 Å². The molecule has 1 aliphatic rings. The monoisotopic (exact) mass is 276 g/mol. The van der Waals surface area contributed by atoms with Crippen molar-refractivity contribution in [1.29, 1.82) is 0 Å². The first-order valence-electron chi connectivity index (χ1n) is 5.04. The molecule has 0 heterocycles. The van der Waals surface area contributed by atoms with Gasteiger partial charge in [0.15, 0.2) is 0 Å². The lowest BCUT2D eigenvalue weighted by atomic mass is 10.1. The second-order valence-electron chi connectivity index (χ2n) is 4.74. The fourth-order valence-electron chi connectivity index (χ4n) is 2.17. The number of methoxy groups -OCH3 is 1. The van der Waals surface area contributed by atoms with Gasteiger partial charge < -0.3 is 4.74 Å². The summed E-state index contributed by atoms with van der Waals surface area (Å²) in [4.78, 5) is 22.4. The number of hydrogen-bond acceptors (Lipinski definition) is 3. The van der Waals surface area contributed by atoms with Gasteiger partial charge in [-0.05, 0) is 24.7 Å². The average molecular weight is 277 g/mol. The zero-order valence-electron chi connectivity index (χ0n) is 9.54. The van der Waals surface area contributed by atoms with Crippen LogP contribution in [0, 0.1) is 17.3 Å². The molecule has 86 valence electrons. The highest BCUT2D eigenvalue weighted by molar-refractivity contribution is 9.10. The van der Waals surface area contributed by atoms with E-state index in [0.717, 1.165) is 0 Å². The standard InChI is InChI=1S/C11H17BrO3/c1-6(13)8(12)5-7-9(10(14)15-4)11(7,2)3/h7-9H,5H2,1-4H3/t7-,8-,9-/m1/s1. The minimum atomic E-state index is -0.159. The van der Waals surface area contributed by atoms with Crippen LogP contribution < -0.4 is 0 Å². The molecule has 4 heteroatoms. The zero-order chi connectivity index (χ0) is 11.8. The maximum absolute atomic E-state index is 11.4. The Kier molecular flexibility index (Phi) is 3.59. The van der Waals surface area contributed by atoms with Crippen LogP contribution in [-0.4, -0.2) is 23.7 Å². The van der Waals surface area contributed by atoms with E-state index < -0.39 is 0 Å². The Bertz CT molecular complexity index is 286. The van der Waals surface area contributed by atoms with Gasteiger partial charge in [0.2, 0.25) is 0 Å². The molecule has 0 spiro atoms. The minimum absolute atomic E-state index is 0.0332. The van der Waals surface area contributed by atoms with E-state index in [-0.39, 0.29) is 33.8 Å². The smallest absolute Gasteiger partial charge is 0.309 e. The molecule has 0 bridgehead atoms. The van der Waals surface area contributed by atoms with E-state index >= 15 is 0 Å². The van der Waals surface area contributed by atoms with E-state index in [9.17, 15) is 9.59 Å². The molecule has 3 nitrogen and oxygen atoms in total. The molecule has 1 fully saturated rings. The molecule has 0 aromatic heterocycles. The largest absolute Gasteiger partial charge is 0.469 e. The summed E-state index contributed by atoms with van der Waals surface area (Å²) in [7, 11) is 1.41. The summed E-state index contributed by atoms with van der Waals surface area (Å²) in [5, 5.41) is 0. The number of alkyl halides is 1. The molecule has 0 saturated heterocycles. The highest BCUT2D eigenvalue weighted by Gasteiger charge is 2.62. The number of carbonyl (C=O) groups excluding carboxylic acids is 2. The van der Waals surface area contributed by atoms with Gasteiger partial charge in [0.05, 0.1) is 17.9 Å². The third-order valence-electron chi connectivity index (χ3n) is 3.41. The highest BCUT2D eigenvalue weighted by atomic mass is 79.9. The van der Waals surface area contributed by atoms with Crippen LogP contribution in [0.5, 0.6) is 0 Å². The van der Waals surface area contributed by atoms with Crippen molar-refractivity contribution < 1.29 is 14.3 Å². The van der Waals surface area contributed by atoms with Crippen molar-refractivity contribution in [2.75, 3.05) is 7.11 Å². The maximum atomic E-state index is 11.4. The predicted octanol–water partition coefficient (Wildman–Crippen LogP) is 2.17. The van der Waals surface area contributed by atoms with Gasteiger partial charge in [-0.2, -0.15) is 0 Å². The van der Waals surface area contributed by atoms with Gasteiger partial charge in [0, 0.05) is 0 Å². The maximum Gasteiger partial charge on any atom is 0.309 e. The number of halogens is 1. The molecule has 0 aliphatic heterocycles. The molecular weight excluding hydrogens is 260 g/mol. The first-order chi connectivity index (χ1) is 6.82. The Morgan fingerprint density at radius 2 is 2.00 bits per heavy atom. The molecule has 0 aromatic carbocycles. The van der Waals surface area contributed by atoms with Crippen LogP contribution in [0.2, 0.25) is 0 Å². The second kappa shape index (κ2) is 4.24. The molecule has 0 amide bonds. The van der Waals surface area contributed by atoms with E-state index in [1.807, 2.05) is 13.8 Å². The van der Waals surface area contributed by atoms with E-state index in [1.54, 1.807) is 6.92 Å². The van der Waals surface area contributed by atoms with Crippen LogP contribution in [0.3, 0.4) is 0 Å². The molecule has 0 radical (unpaired) electrons. The lowest BCUT2D eigenvalue weighted by Crippen LogP contribution is -2.12. The van der Waals surface area contributed by atoms with Crippen LogP contribution in [0.25, 0.3) is 0 Å². The summed E-state index contributed by atoms with van der Waals surface area (Å²) in [6, 6.07) is 0. The molecule has 0 unspecified atom stereocenters. The first kappa shape index (κ1) is 12.7. The van der Waals surface area contributed by atoms with Crippen LogP contribution >= 0.6 is 15.9 Å². The van der Waals surface area contributed by atoms with Crippen LogP contribution in [0.4, 0.5) is 0 Å². The second-order valence-corrected chi connectivity index (χ2v) is 5.85. The third-order valence-corrected chi connectivity index (χ3v) is 4.43. The number of esters is 1. The Labute approximate surface area is 98.7 Å². The topological polar surface area (TPSA) is 43.4 Å². The van der Waals surface area contributed by atoms with E-state index in [1.165, 1.54) is 7.11 Å². The van der Waals surface area contributed by atoms with Crippen molar-refractivity contribution >= 4 is 27.7 Å². The SMILES string of the molecule is COC(=O)[C@H]1[C@@H](C[C@@H](Br)C(C)=O)C1(C)C. The Balaban J connectivity index is 2.59. The summed E-state index contributed by atoms with van der Waals surface area (Å²) in [5.41, 5.74) is -0.0332. The van der Waals surface area contributed by atoms with Gasteiger partial charge in [-0.1, -0.05) is 29.8 Å². The third kappa shape index (κ3) is 2.41. The Morgan fingerprint density at radius 1 is 1.47 bits per heavy atom. The number of ketones is 1. The van der Waals surface area contributed by atoms with Crippen LogP contribution in [0.15, 0.2) is 0 Å². The quantitative estimate of drug-likeness (QED) is 0.584. The van der Waals surface area contributed by atoms with Crippen molar-refractivity contribution in [1.82, 2.24) is 0 Å². The van der Waals surface area contributed by atoms with Gasteiger partial charge in [-0.3, -0.25) is 9.59 Å². The minimum Gasteiger partial charge on any atom is -0.469 e. The van der Waals surface area contributed by atoms with E-state index in [2.05, 4.69) is 15.9 Å². The number of carbonyl (C=O) groups is 2. The fourth-order valence-corrected chi connectivity index (χ4v) is 2.57. The molecular formula is C11H17BrO3. The molecule has 0 aromatic rings. The first-order valence-corrected chi connectivity index (χ1v) is 5.96. The van der Waals surface area contributed by atoms with Crippen molar-refractivity contribution in [2.24, 2.45) is 17.3 Å². The normalized spacial score (nSPS) is 29.4. The fraction of sp³-hybridized carbons (Fsp3) is 0.818. The molecule has 0 N–H and O–H groups in total. The summed E-state index contributed by atoms with van der Waals surface area (Å²) in [6.07, 6.45) is 0.710. The van der Waals surface area contributed by atoms with Gasteiger partial charge in [-0.25, -0.2) is 0 Å². The van der Waals surface area contributed by atoms with E-state index in [4.69, 9.17) is 4.74 Å². The van der Waals surface area contributed by atoms with Crippen LogP contribution in [-0.2, 0) is 14.3 Å². The van der Waals surface area contributed by atoms with E-state index in [0.29, 0.717) is 6.42 Å². The number of ether oxygens (including phenoxy) is 1. The summed E-state index contributed by atoms with van der Waals surface area (Å²) < 4.78 is 4.74. The van der Waals surface area contributed by atoms with Gasteiger partial charge in [-0.15, -0.1) is 0 Å².